The van der Waals surface area contributed by atoms with E-state index in [4.69, 9.17) is 5.73 Å². The predicted molar refractivity (Wildman–Crippen MR) is 102 cm³/mol. The van der Waals surface area contributed by atoms with Gasteiger partial charge < -0.3 is 5.73 Å². The van der Waals surface area contributed by atoms with E-state index < -0.39 is 5.91 Å². The van der Waals surface area contributed by atoms with Crippen LogP contribution in [0, 0.1) is 12.3 Å². The Hall–Kier alpha value is -2.43. The molecule has 1 saturated carbocycles. The molecule has 1 amide bonds. The van der Waals surface area contributed by atoms with E-state index in [-0.39, 0.29) is 28.1 Å². The largest absolute Gasteiger partial charge is 0.364 e. The van der Waals surface area contributed by atoms with Gasteiger partial charge in [0.2, 0.25) is 0 Å². The van der Waals surface area contributed by atoms with E-state index >= 15 is 0 Å². The van der Waals surface area contributed by atoms with Crippen molar-refractivity contribution in [2.75, 3.05) is 0 Å². The SMILES string of the molecule is Cc1nc(C(N)=O)cc(=O)n1[C@@H](c1ccc(C(C)(C)C)cc1)C1(C)CC1. The standard InChI is InChI=1S/C21H27N3O2/c1-13-23-16(19(22)26)12-17(25)24(13)18(21(5)10-11-21)14-6-8-15(9-7-14)20(2,3)4/h6-9,12,18H,10-11H2,1-5H3,(H2,22,26)/t18-/m0/s1. The lowest BCUT2D eigenvalue weighted by molar-refractivity contribution is 0.0994. The van der Waals surface area contributed by atoms with Gasteiger partial charge in [0.25, 0.3) is 11.5 Å². The van der Waals surface area contributed by atoms with Crippen molar-refractivity contribution in [3.05, 3.63) is 63.3 Å². The van der Waals surface area contributed by atoms with Gasteiger partial charge in [-0.2, -0.15) is 0 Å². The quantitative estimate of drug-likeness (QED) is 0.916. The van der Waals surface area contributed by atoms with Crippen LogP contribution < -0.4 is 11.3 Å². The molecular weight excluding hydrogens is 326 g/mol. The molecule has 1 heterocycles. The number of hydrogen-bond donors (Lipinski definition) is 1. The number of aromatic nitrogens is 2. The molecule has 1 fully saturated rings. The maximum atomic E-state index is 12.8. The van der Waals surface area contributed by atoms with Gasteiger partial charge in [-0.3, -0.25) is 14.2 Å². The third kappa shape index (κ3) is 3.30. The second-order valence-electron chi connectivity index (χ2n) is 8.69. The smallest absolute Gasteiger partial charge is 0.267 e. The topological polar surface area (TPSA) is 78.0 Å². The van der Waals surface area contributed by atoms with Gasteiger partial charge in [-0.1, -0.05) is 52.0 Å². The first kappa shape index (κ1) is 18.4. The average molecular weight is 353 g/mol. The van der Waals surface area contributed by atoms with Crippen molar-refractivity contribution in [3.63, 3.8) is 0 Å². The number of primary amides is 1. The van der Waals surface area contributed by atoms with Gasteiger partial charge in [0.1, 0.15) is 11.5 Å². The Bertz CT molecular complexity index is 900. The first-order valence-electron chi connectivity index (χ1n) is 9.03. The Morgan fingerprint density at radius 1 is 1.23 bits per heavy atom. The Balaban J connectivity index is 2.12. The van der Waals surface area contributed by atoms with Crippen LogP contribution in [0.2, 0.25) is 0 Å². The number of nitrogens with zero attached hydrogens (tertiary/aromatic N) is 2. The number of carbonyl (C=O) groups excluding carboxylic acids is 1. The molecule has 0 saturated heterocycles. The molecule has 5 heteroatoms. The minimum absolute atomic E-state index is 0.0199. The third-order valence-electron chi connectivity index (χ3n) is 5.43. The van der Waals surface area contributed by atoms with Gasteiger partial charge in [0, 0.05) is 6.07 Å². The highest BCUT2D eigenvalue weighted by Gasteiger charge is 2.47. The average Bonchev–Trinajstić information content (AvgIpc) is 3.28. The Kier molecular flexibility index (Phi) is 4.29. The van der Waals surface area contributed by atoms with E-state index in [1.807, 2.05) is 0 Å². The van der Waals surface area contributed by atoms with E-state index in [0.717, 1.165) is 18.4 Å². The molecule has 0 unspecified atom stereocenters. The molecule has 1 aliphatic rings. The maximum absolute atomic E-state index is 12.8. The summed E-state index contributed by atoms with van der Waals surface area (Å²) in [5.74, 6) is -0.162. The summed E-state index contributed by atoms with van der Waals surface area (Å²) in [5.41, 5.74) is 7.53. The van der Waals surface area contributed by atoms with E-state index in [9.17, 15) is 9.59 Å². The highest BCUT2D eigenvalue weighted by atomic mass is 16.1. The normalized spacial score (nSPS) is 17.0. The Morgan fingerprint density at radius 3 is 2.23 bits per heavy atom. The highest BCUT2D eigenvalue weighted by Crippen LogP contribution is 2.56. The van der Waals surface area contributed by atoms with Crippen LogP contribution in [0.5, 0.6) is 0 Å². The van der Waals surface area contributed by atoms with Gasteiger partial charge in [-0.25, -0.2) is 4.98 Å². The molecule has 1 atom stereocenters. The van der Waals surface area contributed by atoms with Crippen LogP contribution >= 0.6 is 0 Å². The molecule has 26 heavy (non-hydrogen) atoms. The summed E-state index contributed by atoms with van der Waals surface area (Å²) in [7, 11) is 0. The first-order chi connectivity index (χ1) is 12.0. The monoisotopic (exact) mass is 353 g/mol. The molecule has 0 radical (unpaired) electrons. The van der Waals surface area contributed by atoms with Crippen molar-refractivity contribution in [1.29, 1.82) is 0 Å². The highest BCUT2D eigenvalue weighted by molar-refractivity contribution is 5.90. The zero-order valence-electron chi connectivity index (χ0n) is 16.2. The van der Waals surface area contributed by atoms with Crippen LogP contribution in [0.1, 0.15) is 74.0 Å². The van der Waals surface area contributed by atoms with Gasteiger partial charge in [0.05, 0.1) is 6.04 Å². The van der Waals surface area contributed by atoms with Crippen LogP contribution in [0.3, 0.4) is 0 Å². The Labute approximate surface area is 154 Å². The van der Waals surface area contributed by atoms with Gasteiger partial charge >= 0.3 is 0 Å². The summed E-state index contributed by atoms with van der Waals surface area (Å²) in [5, 5.41) is 0. The van der Waals surface area contributed by atoms with Crippen molar-refractivity contribution in [2.24, 2.45) is 11.1 Å². The van der Waals surface area contributed by atoms with Crippen molar-refractivity contribution < 1.29 is 4.79 Å². The number of benzene rings is 1. The van der Waals surface area contributed by atoms with E-state index in [1.165, 1.54) is 11.6 Å². The van der Waals surface area contributed by atoms with Gasteiger partial charge in [-0.15, -0.1) is 0 Å². The molecule has 1 aromatic carbocycles. The lowest BCUT2D eigenvalue weighted by atomic mass is 9.84. The van der Waals surface area contributed by atoms with Crippen molar-refractivity contribution in [2.45, 2.75) is 58.9 Å². The molecule has 138 valence electrons. The number of rotatable bonds is 4. The predicted octanol–water partition coefficient (Wildman–Crippen LogP) is 3.34. The lowest BCUT2D eigenvalue weighted by Gasteiger charge is -2.29. The molecular formula is C21H27N3O2. The maximum Gasteiger partial charge on any atom is 0.267 e. The second-order valence-corrected chi connectivity index (χ2v) is 8.69. The number of carbonyl (C=O) groups is 1. The minimum atomic E-state index is -0.680. The first-order valence-corrected chi connectivity index (χ1v) is 9.03. The van der Waals surface area contributed by atoms with Crippen molar-refractivity contribution >= 4 is 5.91 Å². The molecule has 2 aromatic rings. The molecule has 2 N–H and O–H groups in total. The number of amides is 1. The van der Waals surface area contributed by atoms with E-state index in [0.29, 0.717) is 5.82 Å². The molecule has 5 nitrogen and oxygen atoms in total. The number of aryl methyl sites for hydroxylation is 1. The fourth-order valence-electron chi connectivity index (χ4n) is 3.55. The summed E-state index contributed by atoms with van der Waals surface area (Å²) < 4.78 is 1.71. The number of nitrogens with two attached hydrogens (primary N) is 1. The van der Waals surface area contributed by atoms with Crippen LogP contribution in [0.25, 0.3) is 0 Å². The van der Waals surface area contributed by atoms with E-state index in [2.05, 4.69) is 56.9 Å². The Morgan fingerprint density at radius 2 is 1.81 bits per heavy atom. The zero-order valence-corrected chi connectivity index (χ0v) is 16.2. The molecule has 1 aliphatic carbocycles. The van der Waals surface area contributed by atoms with Crippen LogP contribution in [0.15, 0.2) is 35.1 Å². The summed E-state index contributed by atoms with van der Waals surface area (Å²) in [6.45, 7) is 10.5. The number of hydrogen-bond acceptors (Lipinski definition) is 3. The molecule has 1 aromatic heterocycles. The van der Waals surface area contributed by atoms with Crippen molar-refractivity contribution in [1.82, 2.24) is 9.55 Å². The van der Waals surface area contributed by atoms with Crippen LogP contribution in [-0.4, -0.2) is 15.5 Å². The molecule has 0 spiro atoms. The minimum Gasteiger partial charge on any atom is -0.364 e. The lowest BCUT2D eigenvalue weighted by Crippen LogP contribution is -2.34. The summed E-state index contributed by atoms with van der Waals surface area (Å²) in [6, 6.07) is 9.65. The summed E-state index contributed by atoms with van der Waals surface area (Å²) in [4.78, 5) is 28.5. The fraction of sp³-hybridized carbons (Fsp3) is 0.476. The fourth-order valence-corrected chi connectivity index (χ4v) is 3.55. The zero-order chi connectivity index (χ0) is 19.3. The van der Waals surface area contributed by atoms with Gasteiger partial charge in [-0.05, 0) is 41.7 Å². The van der Waals surface area contributed by atoms with E-state index in [1.54, 1.807) is 11.5 Å². The summed E-state index contributed by atoms with van der Waals surface area (Å²) in [6.07, 6.45) is 2.12. The second kappa shape index (κ2) is 6.08. The third-order valence-corrected chi connectivity index (χ3v) is 5.43. The molecule has 0 bridgehead atoms. The summed E-state index contributed by atoms with van der Waals surface area (Å²) >= 11 is 0. The van der Waals surface area contributed by atoms with Gasteiger partial charge in [0.15, 0.2) is 0 Å². The van der Waals surface area contributed by atoms with Crippen molar-refractivity contribution in [3.8, 4) is 0 Å². The molecule has 3 rings (SSSR count). The van der Waals surface area contributed by atoms with Crippen LogP contribution in [-0.2, 0) is 5.41 Å². The molecule has 0 aliphatic heterocycles. The van der Waals surface area contributed by atoms with Crippen LogP contribution in [0.4, 0.5) is 0 Å².